The molecule has 0 aromatic carbocycles. The zero-order valence-corrected chi connectivity index (χ0v) is 10.1. The zero-order chi connectivity index (χ0) is 11.9. The second-order valence-electron chi connectivity index (χ2n) is 5.85. The molecule has 1 aliphatic rings. The summed E-state index contributed by atoms with van der Waals surface area (Å²) in [6, 6.07) is 0. The lowest BCUT2D eigenvalue weighted by atomic mass is 9.61. The van der Waals surface area contributed by atoms with Gasteiger partial charge in [-0.15, -0.1) is 0 Å². The van der Waals surface area contributed by atoms with Crippen LogP contribution in [0.5, 0.6) is 0 Å². The maximum Gasteiger partial charge on any atom is 0.307 e. The van der Waals surface area contributed by atoms with E-state index in [1.165, 1.54) is 0 Å². The number of carbonyl (C=O) groups is 1. The van der Waals surface area contributed by atoms with Gasteiger partial charge in [-0.25, -0.2) is 0 Å². The van der Waals surface area contributed by atoms with E-state index in [0.717, 1.165) is 0 Å². The van der Waals surface area contributed by atoms with E-state index >= 15 is 0 Å². The van der Waals surface area contributed by atoms with Gasteiger partial charge in [0.15, 0.2) is 0 Å². The van der Waals surface area contributed by atoms with E-state index in [0.29, 0.717) is 19.3 Å². The van der Waals surface area contributed by atoms with E-state index in [-0.39, 0.29) is 17.3 Å². The molecule has 1 rings (SSSR count). The van der Waals surface area contributed by atoms with Crippen molar-refractivity contribution in [2.45, 2.75) is 52.6 Å². The molecule has 0 aromatic heterocycles. The van der Waals surface area contributed by atoms with Gasteiger partial charge in [0.1, 0.15) is 0 Å². The molecule has 0 bridgehead atoms. The molecule has 0 amide bonds. The van der Waals surface area contributed by atoms with Crippen LogP contribution < -0.4 is 0 Å². The molecule has 0 radical (unpaired) electrons. The molecule has 3 nitrogen and oxygen atoms in total. The second-order valence-corrected chi connectivity index (χ2v) is 5.85. The van der Waals surface area contributed by atoms with Gasteiger partial charge in [-0.05, 0) is 30.6 Å². The van der Waals surface area contributed by atoms with E-state index < -0.39 is 11.6 Å². The Bertz CT molecular complexity index is 258. The Labute approximate surface area is 91.5 Å². The standard InChI is InChI=1S/C12H22O3/c1-8(2)12(15)6-5-9(10(13)14)11(3,4)7-12/h8-9,15H,5-7H2,1-4H3,(H,13,14)/t9-,12-/m1/s1. The van der Waals surface area contributed by atoms with Crippen LogP contribution >= 0.6 is 0 Å². The van der Waals surface area contributed by atoms with Crippen molar-refractivity contribution in [1.29, 1.82) is 0 Å². The van der Waals surface area contributed by atoms with Crippen LogP contribution in [0.4, 0.5) is 0 Å². The summed E-state index contributed by atoms with van der Waals surface area (Å²) in [7, 11) is 0. The fourth-order valence-electron chi connectivity index (χ4n) is 2.74. The Balaban J connectivity index is 2.85. The van der Waals surface area contributed by atoms with Crippen molar-refractivity contribution >= 4 is 5.97 Å². The minimum Gasteiger partial charge on any atom is -0.481 e. The van der Waals surface area contributed by atoms with Crippen LogP contribution in [-0.4, -0.2) is 21.8 Å². The number of aliphatic carboxylic acids is 1. The predicted molar refractivity (Wildman–Crippen MR) is 58.5 cm³/mol. The lowest BCUT2D eigenvalue weighted by Gasteiger charge is -2.47. The second kappa shape index (κ2) is 3.78. The molecule has 1 fully saturated rings. The van der Waals surface area contributed by atoms with Crippen LogP contribution in [0.25, 0.3) is 0 Å². The molecule has 0 aliphatic heterocycles. The van der Waals surface area contributed by atoms with Crippen LogP contribution in [0.2, 0.25) is 0 Å². The fourth-order valence-corrected chi connectivity index (χ4v) is 2.74. The molecule has 0 heterocycles. The molecule has 15 heavy (non-hydrogen) atoms. The molecular weight excluding hydrogens is 192 g/mol. The third-order valence-electron chi connectivity index (χ3n) is 3.94. The lowest BCUT2D eigenvalue weighted by molar-refractivity contribution is -0.156. The maximum absolute atomic E-state index is 11.1. The van der Waals surface area contributed by atoms with Crippen molar-refractivity contribution < 1.29 is 15.0 Å². The topological polar surface area (TPSA) is 57.5 Å². The number of hydrogen-bond donors (Lipinski definition) is 2. The summed E-state index contributed by atoms with van der Waals surface area (Å²) >= 11 is 0. The fraction of sp³-hybridized carbons (Fsp3) is 0.917. The highest BCUT2D eigenvalue weighted by Crippen LogP contribution is 2.47. The van der Waals surface area contributed by atoms with Gasteiger partial charge >= 0.3 is 5.97 Å². The molecule has 0 aromatic rings. The van der Waals surface area contributed by atoms with Gasteiger partial charge < -0.3 is 10.2 Å². The number of carboxylic acid groups (broad SMARTS) is 1. The predicted octanol–water partition coefficient (Wildman–Crippen LogP) is 2.28. The van der Waals surface area contributed by atoms with E-state index in [9.17, 15) is 9.90 Å². The van der Waals surface area contributed by atoms with Gasteiger partial charge in [0.05, 0.1) is 11.5 Å². The maximum atomic E-state index is 11.1. The number of hydrogen-bond acceptors (Lipinski definition) is 2. The first kappa shape index (κ1) is 12.5. The molecule has 0 saturated heterocycles. The first-order chi connectivity index (χ1) is 6.69. The van der Waals surface area contributed by atoms with Gasteiger partial charge in [-0.2, -0.15) is 0 Å². The molecule has 2 N–H and O–H groups in total. The average molecular weight is 214 g/mol. The summed E-state index contributed by atoms with van der Waals surface area (Å²) in [4.78, 5) is 11.1. The van der Waals surface area contributed by atoms with Crippen LogP contribution in [0, 0.1) is 17.3 Å². The number of rotatable bonds is 2. The van der Waals surface area contributed by atoms with Crippen LogP contribution in [0.15, 0.2) is 0 Å². The van der Waals surface area contributed by atoms with E-state index in [2.05, 4.69) is 0 Å². The van der Waals surface area contributed by atoms with Crippen molar-refractivity contribution in [3.8, 4) is 0 Å². The Morgan fingerprint density at radius 2 is 1.93 bits per heavy atom. The van der Waals surface area contributed by atoms with Crippen LogP contribution in [0.1, 0.15) is 47.0 Å². The molecule has 1 saturated carbocycles. The van der Waals surface area contributed by atoms with Crippen molar-refractivity contribution in [2.24, 2.45) is 17.3 Å². The Morgan fingerprint density at radius 3 is 2.27 bits per heavy atom. The summed E-state index contributed by atoms with van der Waals surface area (Å²) in [5.41, 5.74) is -1.00. The van der Waals surface area contributed by atoms with Gasteiger partial charge in [-0.3, -0.25) is 4.79 Å². The summed E-state index contributed by atoms with van der Waals surface area (Å²) in [5.74, 6) is -0.867. The van der Waals surface area contributed by atoms with Crippen molar-refractivity contribution in [1.82, 2.24) is 0 Å². The van der Waals surface area contributed by atoms with Crippen molar-refractivity contribution in [3.63, 3.8) is 0 Å². The monoisotopic (exact) mass is 214 g/mol. The molecule has 2 atom stereocenters. The SMILES string of the molecule is CC(C)[C@@]1(O)CC[C@H](C(=O)O)C(C)(C)C1. The van der Waals surface area contributed by atoms with Gasteiger partial charge in [0.25, 0.3) is 0 Å². The summed E-state index contributed by atoms with van der Waals surface area (Å²) in [6.45, 7) is 7.88. The van der Waals surface area contributed by atoms with Crippen molar-refractivity contribution in [2.75, 3.05) is 0 Å². The highest BCUT2D eigenvalue weighted by atomic mass is 16.4. The highest BCUT2D eigenvalue weighted by Gasteiger charge is 2.48. The normalized spacial score (nSPS) is 35.5. The third-order valence-corrected chi connectivity index (χ3v) is 3.94. The molecule has 0 unspecified atom stereocenters. The Kier molecular flexibility index (Phi) is 3.15. The smallest absolute Gasteiger partial charge is 0.307 e. The quantitative estimate of drug-likeness (QED) is 0.741. The molecular formula is C12H22O3. The van der Waals surface area contributed by atoms with Crippen LogP contribution in [-0.2, 0) is 4.79 Å². The molecule has 88 valence electrons. The van der Waals surface area contributed by atoms with E-state index in [1.54, 1.807) is 0 Å². The van der Waals surface area contributed by atoms with Crippen molar-refractivity contribution in [3.05, 3.63) is 0 Å². The zero-order valence-electron chi connectivity index (χ0n) is 10.1. The largest absolute Gasteiger partial charge is 0.481 e. The Morgan fingerprint density at radius 1 is 1.40 bits per heavy atom. The molecule has 3 heteroatoms. The van der Waals surface area contributed by atoms with Crippen LogP contribution in [0.3, 0.4) is 0 Å². The minimum atomic E-state index is -0.731. The number of aliphatic hydroxyl groups is 1. The summed E-state index contributed by atoms with van der Waals surface area (Å²) < 4.78 is 0. The van der Waals surface area contributed by atoms with E-state index in [1.807, 2.05) is 27.7 Å². The number of carboxylic acids is 1. The van der Waals surface area contributed by atoms with E-state index in [4.69, 9.17) is 5.11 Å². The van der Waals surface area contributed by atoms with Gasteiger partial charge in [0.2, 0.25) is 0 Å². The average Bonchev–Trinajstić information content (AvgIpc) is 2.00. The third kappa shape index (κ3) is 2.33. The summed E-state index contributed by atoms with van der Waals surface area (Å²) in [6.07, 6.45) is 1.76. The van der Waals surface area contributed by atoms with Gasteiger partial charge in [0, 0.05) is 0 Å². The molecule has 0 spiro atoms. The lowest BCUT2D eigenvalue weighted by Crippen LogP contribution is -2.48. The van der Waals surface area contributed by atoms with Gasteiger partial charge in [-0.1, -0.05) is 27.7 Å². The summed E-state index contributed by atoms with van der Waals surface area (Å²) in [5, 5.41) is 19.5. The first-order valence-corrected chi connectivity index (χ1v) is 5.64. The minimum absolute atomic E-state index is 0.187. The highest BCUT2D eigenvalue weighted by molar-refractivity contribution is 5.71. The molecule has 1 aliphatic carbocycles. The Hall–Kier alpha value is -0.570. The first-order valence-electron chi connectivity index (χ1n) is 5.64.